The molecule has 0 aliphatic heterocycles. The Balaban J connectivity index is 2.57. The summed E-state index contributed by atoms with van der Waals surface area (Å²) in [7, 11) is 0. The first kappa shape index (κ1) is 9.98. The van der Waals surface area contributed by atoms with Gasteiger partial charge in [0.05, 0.1) is 0 Å². The normalized spacial score (nSPS) is 10.5. The molecule has 2 rings (SSSR count). The van der Waals surface area contributed by atoms with Gasteiger partial charge in [-0.15, -0.1) is 0 Å². The molecule has 5 heteroatoms. The minimum atomic E-state index is -0.657. The molecule has 0 atom stereocenters. The van der Waals surface area contributed by atoms with Crippen LogP contribution in [-0.2, 0) is 6.67 Å². The molecule has 0 saturated heterocycles. The van der Waals surface area contributed by atoms with Crippen molar-refractivity contribution in [1.29, 1.82) is 0 Å². The first-order valence-electron chi connectivity index (χ1n) is 4.28. The SMILES string of the molecule is Nc1cc(-c2cccc(Cl)c2CF)on1. The van der Waals surface area contributed by atoms with Crippen LogP contribution in [0.15, 0.2) is 28.8 Å². The Morgan fingerprint density at radius 3 is 2.87 bits per heavy atom. The van der Waals surface area contributed by atoms with Crippen molar-refractivity contribution in [3.8, 4) is 11.3 Å². The van der Waals surface area contributed by atoms with E-state index in [1.807, 2.05) is 0 Å². The molecule has 0 unspecified atom stereocenters. The van der Waals surface area contributed by atoms with Gasteiger partial charge in [0.25, 0.3) is 0 Å². The molecule has 0 radical (unpaired) electrons. The van der Waals surface area contributed by atoms with Gasteiger partial charge in [0, 0.05) is 22.2 Å². The van der Waals surface area contributed by atoms with Crippen LogP contribution in [0.1, 0.15) is 5.56 Å². The number of nitrogens with two attached hydrogens (primary N) is 1. The topological polar surface area (TPSA) is 52.0 Å². The highest BCUT2D eigenvalue weighted by molar-refractivity contribution is 6.31. The number of anilines is 1. The summed E-state index contributed by atoms with van der Waals surface area (Å²) >= 11 is 5.85. The number of halogens is 2. The lowest BCUT2D eigenvalue weighted by Crippen LogP contribution is -1.86. The number of hydrogen-bond acceptors (Lipinski definition) is 3. The second-order valence-electron chi connectivity index (χ2n) is 3.02. The van der Waals surface area contributed by atoms with Crippen molar-refractivity contribution in [3.05, 3.63) is 34.9 Å². The third kappa shape index (κ3) is 1.80. The largest absolute Gasteiger partial charge is 0.381 e. The molecule has 2 aromatic rings. The number of aromatic nitrogens is 1. The van der Waals surface area contributed by atoms with E-state index >= 15 is 0 Å². The molecular weight excluding hydrogens is 219 g/mol. The van der Waals surface area contributed by atoms with E-state index in [2.05, 4.69) is 5.16 Å². The van der Waals surface area contributed by atoms with Crippen LogP contribution in [0, 0.1) is 0 Å². The maximum absolute atomic E-state index is 12.8. The highest BCUT2D eigenvalue weighted by atomic mass is 35.5. The molecule has 1 aromatic heterocycles. The highest BCUT2D eigenvalue weighted by Crippen LogP contribution is 2.30. The van der Waals surface area contributed by atoms with Crippen LogP contribution >= 0.6 is 11.6 Å². The Hall–Kier alpha value is -1.55. The lowest BCUT2D eigenvalue weighted by Gasteiger charge is -2.04. The standard InChI is InChI=1S/C10H8ClFN2O/c11-8-3-1-2-6(7(8)5-12)9-4-10(13)14-15-9/h1-4H,5H2,(H2,13,14). The van der Waals surface area contributed by atoms with Crippen molar-refractivity contribution in [3.63, 3.8) is 0 Å². The third-order valence-corrected chi connectivity index (χ3v) is 2.40. The lowest BCUT2D eigenvalue weighted by molar-refractivity contribution is 0.433. The van der Waals surface area contributed by atoms with Crippen LogP contribution < -0.4 is 5.73 Å². The molecule has 0 saturated carbocycles. The maximum Gasteiger partial charge on any atom is 0.169 e. The Labute approximate surface area is 90.6 Å². The molecule has 0 aliphatic rings. The molecule has 15 heavy (non-hydrogen) atoms. The number of hydrogen-bond donors (Lipinski definition) is 1. The van der Waals surface area contributed by atoms with Crippen molar-refractivity contribution in [2.24, 2.45) is 0 Å². The summed E-state index contributed by atoms with van der Waals surface area (Å²) in [5.74, 6) is 0.678. The van der Waals surface area contributed by atoms with Crippen molar-refractivity contribution < 1.29 is 8.91 Å². The summed E-state index contributed by atoms with van der Waals surface area (Å²) in [5.41, 5.74) is 6.38. The van der Waals surface area contributed by atoms with Gasteiger partial charge in [-0.1, -0.05) is 28.9 Å². The number of nitrogen functional groups attached to an aromatic ring is 1. The van der Waals surface area contributed by atoms with Crippen LogP contribution in [0.5, 0.6) is 0 Å². The quantitative estimate of drug-likeness (QED) is 0.856. The summed E-state index contributed by atoms with van der Waals surface area (Å²) in [4.78, 5) is 0. The van der Waals surface area contributed by atoms with Crippen LogP contribution in [-0.4, -0.2) is 5.16 Å². The highest BCUT2D eigenvalue weighted by Gasteiger charge is 2.12. The Kier molecular flexibility index (Phi) is 2.60. The zero-order valence-electron chi connectivity index (χ0n) is 7.71. The van der Waals surface area contributed by atoms with Gasteiger partial charge in [-0.05, 0) is 6.07 Å². The van der Waals surface area contributed by atoms with Gasteiger partial charge in [0.1, 0.15) is 6.67 Å². The van der Waals surface area contributed by atoms with E-state index in [0.29, 0.717) is 21.9 Å². The number of benzene rings is 1. The van der Waals surface area contributed by atoms with E-state index in [9.17, 15) is 4.39 Å². The van der Waals surface area contributed by atoms with E-state index in [-0.39, 0.29) is 5.82 Å². The molecule has 2 N–H and O–H groups in total. The molecule has 1 aromatic carbocycles. The molecule has 3 nitrogen and oxygen atoms in total. The van der Waals surface area contributed by atoms with Crippen molar-refractivity contribution in [2.75, 3.05) is 5.73 Å². The predicted octanol–water partition coefficient (Wildman–Crippen LogP) is 3.05. The zero-order valence-corrected chi connectivity index (χ0v) is 8.46. The summed E-state index contributed by atoms with van der Waals surface area (Å²) < 4.78 is 17.7. The molecular formula is C10H8ClFN2O. The average Bonchev–Trinajstić information content (AvgIpc) is 2.64. The summed E-state index contributed by atoms with van der Waals surface area (Å²) in [5, 5.41) is 3.90. The van der Waals surface area contributed by atoms with E-state index in [4.69, 9.17) is 21.9 Å². The monoisotopic (exact) mass is 226 g/mol. The van der Waals surface area contributed by atoms with Crippen LogP contribution in [0.3, 0.4) is 0 Å². The number of nitrogens with zero attached hydrogens (tertiary/aromatic N) is 1. The van der Waals surface area contributed by atoms with E-state index < -0.39 is 6.67 Å². The fourth-order valence-corrected chi connectivity index (χ4v) is 1.57. The van der Waals surface area contributed by atoms with Gasteiger partial charge in [0.15, 0.2) is 11.6 Å². The van der Waals surface area contributed by atoms with Gasteiger partial charge in [0.2, 0.25) is 0 Å². The second-order valence-corrected chi connectivity index (χ2v) is 3.42. The fourth-order valence-electron chi connectivity index (χ4n) is 1.34. The van der Waals surface area contributed by atoms with Crippen molar-refractivity contribution >= 4 is 17.4 Å². The number of alkyl halides is 1. The molecule has 0 aliphatic carbocycles. The maximum atomic E-state index is 12.8. The van der Waals surface area contributed by atoms with Crippen LogP contribution in [0.4, 0.5) is 10.2 Å². The smallest absolute Gasteiger partial charge is 0.169 e. The Bertz CT molecular complexity index is 484. The molecule has 0 bridgehead atoms. The minimum Gasteiger partial charge on any atom is -0.381 e. The van der Waals surface area contributed by atoms with Gasteiger partial charge in [-0.2, -0.15) is 0 Å². The van der Waals surface area contributed by atoms with E-state index in [1.54, 1.807) is 18.2 Å². The fraction of sp³-hybridized carbons (Fsp3) is 0.100. The summed E-state index contributed by atoms with van der Waals surface area (Å²) in [6.07, 6.45) is 0. The van der Waals surface area contributed by atoms with E-state index in [0.717, 1.165) is 0 Å². The van der Waals surface area contributed by atoms with Gasteiger partial charge < -0.3 is 10.3 Å². The van der Waals surface area contributed by atoms with Gasteiger partial charge in [-0.3, -0.25) is 0 Å². The summed E-state index contributed by atoms with van der Waals surface area (Å²) in [6, 6.07) is 6.58. The molecule has 1 heterocycles. The first-order chi connectivity index (χ1) is 7.22. The molecule has 0 fully saturated rings. The lowest BCUT2D eigenvalue weighted by atomic mass is 10.1. The minimum absolute atomic E-state index is 0.259. The Morgan fingerprint density at radius 2 is 2.27 bits per heavy atom. The zero-order chi connectivity index (χ0) is 10.8. The van der Waals surface area contributed by atoms with Crippen molar-refractivity contribution in [1.82, 2.24) is 5.16 Å². The molecule has 0 amide bonds. The van der Waals surface area contributed by atoms with E-state index in [1.165, 1.54) is 6.07 Å². The molecule has 78 valence electrons. The predicted molar refractivity (Wildman–Crippen MR) is 56.2 cm³/mol. The van der Waals surface area contributed by atoms with Crippen LogP contribution in [0.25, 0.3) is 11.3 Å². The number of rotatable bonds is 2. The third-order valence-electron chi connectivity index (χ3n) is 2.05. The first-order valence-corrected chi connectivity index (χ1v) is 4.66. The molecule has 0 spiro atoms. The Morgan fingerprint density at radius 1 is 1.47 bits per heavy atom. The average molecular weight is 227 g/mol. The summed E-state index contributed by atoms with van der Waals surface area (Å²) in [6.45, 7) is -0.657. The van der Waals surface area contributed by atoms with Gasteiger partial charge in [-0.25, -0.2) is 4.39 Å². The van der Waals surface area contributed by atoms with Gasteiger partial charge >= 0.3 is 0 Å². The van der Waals surface area contributed by atoms with Crippen LogP contribution in [0.2, 0.25) is 5.02 Å². The van der Waals surface area contributed by atoms with Crippen molar-refractivity contribution in [2.45, 2.75) is 6.67 Å². The second kappa shape index (κ2) is 3.90.